The molecule has 2 N–H and O–H groups in total. The van der Waals surface area contributed by atoms with Crippen LogP contribution in [-0.2, 0) is 5.54 Å². The molecule has 1 fully saturated rings. The highest BCUT2D eigenvalue weighted by Crippen LogP contribution is 2.43. The maximum Gasteiger partial charge on any atom is 0.248 e. The summed E-state index contributed by atoms with van der Waals surface area (Å²) in [6, 6.07) is 0. The van der Waals surface area contributed by atoms with Crippen LogP contribution >= 0.6 is 0 Å². The van der Waals surface area contributed by atoms with E-state index in [2.05, 4.69) is 4.98 Å². The Morgan fingerprint density at radius 3 is 1.94 bits per heavy atom. The largest absolute Gasteiger partial charge is 0.321 e. The molecule has 0 unspecified atom stereocenters. The number of alkyl halides is 2. The molecule has 1 aliphatic rings. The van der Waals surface area contributed by atoms with E-state index < -0.39 is 35.9 Å². The summed E-state index contributed by atoms with van der Waals surface area (Å²) in [7, 11) is 0. The van der Waals surface area contributed by atoms with E-state index in [0.29, 0.717) is 0 Å². The Morgan fingerprint density at radius 2 is 1.47 bits per heavy atom. The van der Waals surface area contributed by atoms with Crippen molar-refractivity contribution in [1.82, 2.24) is 4.98 Å². The van der Waals surface area contributed by atoms with Crippen molar-refractivity contribution >= 4 is 0 Å². The second kappa shape index (κ2) is 3.94. The first-order valence-corrected chi connectivity index (χ1v) is 5.30. The third-order valence-electron chi connectivity index (χ3n) is 3.23. The molecular weight excluding hydrogens is 236 g/mol. The van der Waals surface area contributed by atoms with E-state index in [1.165, 1.54) is 0 Å². The SMILES string of the molecule is NC1(c2c(F)cncc2F)CCC(F)(F)CC1. The molecule has 0 aromatic carbocycles. The predicted molar refractivity (Wildman–Crippen MR) is 53.4 cm³/mol. The highest BCUT2D eigenvalue weighted by atomic mass is 19.3. The highest BCUT2D eigenvalue weighted by Gasteiger charge is 2.44. The third-order valence-corrected chi connectivity index (χ3v) is 3.23. The Labute approximate surface area is 95.8 Å². The van der Waals surface area contributed by atoms with Gasteiger partial charge >= 0.3 is 0 Å². The predicted octanol–water partition coefficient (Wildman–Crippen LogP) is 2.72. The maximum atomic E-state index is 13.5. The summed E-state index contributed by atoms with van der Waals surface area (Å²) in [5.74, 6) is -4.54. The van der Waals surface area contributed by atoms with E-state index in [-0.39, 0.29) is 18.4 Å². The van der Waals surface area contributed by atoms with Gasteiger partial charge in [-0.15, -0.1) is 0 Å². The summed E-state index contributed by atoms with van der Waals surface area (Å²) in [5, 5.41) is 0. The van der Waals surface area contributed by atoms with Crippen molar-refractivity contribution in [2.24, 2.45) is 5.73 Å². The zero-order valence-electron chi connectivity index (χ0n) is 9.02. The average molecular weight is 248 g/mol. The zero-order chi connectivity index (χ0) is 12.7. The van der Waals surface area contributed by atoms with Crippen LogP contribution in [0.1, 0.15) is 31.2 Å². The number of nitrogens with two attached hydrogens (primary N) is 1. The lowest BCUT2D eigenvalue weighted by molar-refractivity contribution is -0.0522. The van der Waals surface area contributed by atoms with Crippen LogP contribution in [0.5, 0.6) is 0 Å². The molecule has 0 radical (unpaired) electrons. The number of hydrogen-bond donors (Lipinski definition) is 1. The molecule has 94 valence electrons. The monoisotopic (exact) mass is 248 g/mol. The van der Waals surface area contributed by atoms with Crippen LogP contribution in [0.2, 0.25) is 0 Å². The molecule has 0 spiro atoms. The van der Waals surface area contributed by atoms with E-state index in [1.54, 1.807) is 0 Å². The first kappa shape index (κ1) is 12.3. The van der Waals surface area contributed by atoms with E-state index in [1.807, 2.05) is 0 Å². The van der Waals surface area contributed by atoms with Gasteiger partial charge in [0.2, 0.25) is 5.92 Å². The topological polar surface area (TPSA) is 38.9 Å². The van der Waals surface area contributed by atoms with Gasteiger partial charge in [-0.05, 0) is 12.8 Å². The first-order chi connectivity index (χ1) is 7.84. The fourth-order valence-corrected chi connectivity index (χ4v) is 2.20. The normalized spacial score (nSPS) is 22.4. The summed E-state index contributed by atoms with van der Waals surface area (Å²) in [4.78, 5) is 3.35. The molecule has 2 nitrogen and oxygen atoms in total. The van der Waals surface area contributed by atoms with Gasteiger partial charge in [0.1, 0.15) is 11.6 Å². The van der Waals surface area contributed by atoms with E-state index >= 15 is 0 Å². The van der Waals surface area contributed by atoms with Crippen LogP contribution in [0.3, 0.4) is 0 Å². The van der Waals surface area contributed by atoms with Gasteiger partial charge in [-0.2, -0.15) is 0 Å². The zero-order valence-corrected chi connectivity index (χ0v) is 9.02. The number of halogens is 4. The van der Waals surface area contributed by atoms with Gasteiger partial charge in [0.25, 0.3) is 0 Å². The number of rotatable bonds is 1. The minimum Gasteiger partial charge on any atom is -0.321 e. The van der Waals surface area contributed by atoms with Gasteiger partial charge in [0, 0.05) is 23.9 Å². The molecule has 1 heterocycles. The first-order valence-electron chi connectivity index (χ1n) is 5.30. The van der Waals surface area contributed by atoms with E-state index in [4.69, 9.17) is 5.73 Å². The molecule has 2 rings (SSSR count). The fraction of sp³-hybridized carbons (Fsp3) is 0.545. The average Bonchev–Trinajstić information content (AvgIpc) is 2.23. The van der Waals surface area contributed by atoms with Crippen LogP contribution in [-0.4, -0.2) is 10.9 Å². The minimum atomic E-state index is -2.79. The summed E-state index contributed by atoms with van der Waals surface area (Å²) < 4.78 is 53.0. The molecule has 6 heteroatoms. The second-order valence-corrected chi connectivity index (χ2v) is 4.49. The van der Waals surface area contributed by atoms with Crippen LogP contribution in [0.25, 0.3) is 0 Å². The molecule has 0 bridgehead atoms. The number of aromatic nitrogens is 1. The molecule has 0 aliphatic heterocycles. The maximum absolute atomic E-state index is 13.5. The van der Waals surface area contributed by atoms with E-state index in [0.717, 1.165) is 12.4 Å². The summed E-state index contributed by atoms with van der Waals surface area (Å²) in [6.07, 6.45) is 0.505. The lowest BCUT2D eigenvalue weighted by Gasteiger charge is -2.37. The van der Waals surface area contributed by atoms with Crippen LogP contribution in [0, 0.1) is 11.6 Å². The van der Waals surface area contributed by atoms with Crippen LogP contribution in [0.15, 0.2) is 12.4 Å². The van der Waals surface area contributed by atoms with Crippen LogP contribution < -0.4 is 5.73 Å². The Bertz CT molecular complexity index is 403. The van der Waals surface area contributed by atoms with Gasteiger partial charge in [-0.3, -0.25) is 4.98 Å². The standard InChI is InChI=1S/C11H12F4N2/c12-7-5-17-6-8(13)9(7)10(16)1-3-11(14,15)4-2-10/h5-6H,1-4,16H2. The van der Waals surface area contributed by atoms with Crippen molar-refractivity contribution in [3.05, 3.63) is 29.6 Å². The van der Waals surface area contributed by atoms with E-state index in [9.17, 15) is 17.6 Å². The van der Waals surface area contributed by atoms with Gasteiger partial charge in [-0.1, -0.05) is 0 Å². The third kappa shape index (κ3) is 2.26. The van der Waals surface area contributed by atoms with Gasteiger partial charge in [0.05, 0.1) is 12.4 Å². The van der Waals surface area contributed by atoms with Crippen LogP contribution in [0.4, 0.5) is 17.6 Å². The van der Waals surface area contributed by atoms with Crippen molar-refractivity contribution in [2.45, 2.75) is 37.1 Å². The Morgan fingerprint density at radius 1 is 1.00 bits per heavy atom. The lowest BCUT2D eigenvalue weighted by Crippen LogP contribution is -2.44. The lowest BCUT2D eigenvalue weighted by atomic mass is 9.76. The molecule has 0 amide bonds. The molecule has 1 aromatic rings. The minimum absolute atomic E-state index is 0.141. The smallest absolute Gasteiger partial charge is 0.248 e. The highest BCUT2D eigenvalue weighted by molar-refractivity contribution is 5.25. The molecule has 0 saturated heterocycles. The van der Waals surface area contributed by atoms with Gasteiger partial charge < -0.3 is 5.73 Å². The number of pyridine rings is 1. The Kier molecular flexibility index (Phi) is 2.85. The van der Waals surface area contributed by atoms with Crippen molar-refractivity contribution in [1.29, 1.82) is 0 Å². The van der Waals surface area contributed by atoms with Crippen molar-refractivity contribution in [3.63, 3.8) is 0 Å². The Balaban J connectivity index is 2.34. The quantitative estimate of drug-likeness (QED) is 0.776. The number of nitrogens with zero attached hydrogens (tertiary/aromatic N) is 1. The van der Waals surface area contributed by atoms with Crippen molar-refractivity contribution in [2.75, 3.05) is 0 Å². The summed E-state index contributed by atoms with van der Waals surface area (Å²) in [6.45, 7) is 0. The number of hydrogen-bond acceptors (Lipinski definition) is 2. The molecule has 1 aromatic heterocycles. The summed E-state index contributed by atoms with van der Waals surface area (Å²) >= 11 is 0. The Hall–Kier alpha value is -1.17. The fourth-order valence-electron chi connectivity index (χ4n) is 2.20. The molecule has 1 aliphatic carbocycles. The molecule has 17 heavy (non-hydrogen) atoms. The molecule has 0 atom stereocenters. The van der Waals surface area contributed by atoms with Gasteiger partial charge in [0.15, 0.2) is 0 Å². The summed E-state index contributed by atoms with van der Waals surface area (Å²) in [5.41, 5.74) is 4.17. The van der Waals surface area contributed by atoms with Crippen molar-refractivity contribution < 1.29 is 17.6 Å². The second-order valence-electron chi connectivity index (χ2n) is 4.49. The van der Waals surface area contributed by atoms with Gasteiger partial charge in [-0.25, -0.2) is 17.6 Å². The molecule has 1 saturated carbocycles. The molecular formula is C11H12F4N2. The van der Waals surface area contributed by atoms with Crippen molar-refractivity contribution in [3.8, 4) is 0 Å².